The van der Waals surface area contributed by atoms with Gasteiger partial charge >= 0.3 is 18.0 Å². The zero-order chi connectivity index (χ0) is 15.0. The smallest absolute Gasteiger partial charge is 0.325 e. The molecule has 0 aliphatic heterocycles. The summed E-state index contributed by atoms with van der Waals surface area (Å²) in [5.74, 6) is -2.20. The Morgan fingerprint density at radius 2 is 1.89 bits per heavy atom. The fourth-order valence-electron chi connectivity index (χ4n) is 1.37. The highest BCUT2D eigenvalue weighted by molar-refractivity contribution is 5.81. The topological polar surface area (TPSA) is 95.9 Å². The maximum Gasteiger partial charge on any atom is 0.325 e. The summed E-state index contributed by atoms with van der Waals surface area (Å²) in [6.45, 7) is 5.25. The van der Waals surface area contributed by atoms with Crippen LogP contribution in [0.3, 0.4) is 0 Å². The number of nitrogens with zero attached hydrogens (tertiary/aromatic N) is 1. The minimum absolute atomic E-state index is 0.148. The summed E-state index contributed by atoms with van der Waals surface area (Å²) in [4.78, 5) is 35.2. The average molecular weight is 274 g/mol. The number of ether oxygens (including phenoxy) is 1. The number of rotatable bonds is 7. The van der Waals surface area contributed by atoms with Gasteiger partial charge in [-0.2, -0.15) is 0 Å². The minimum Gasteiger partial charge on any atom is -0.481 e. The molecule has 0 fully saturated rings. The Kier molecular flexibility index (Phi) is 7.55. The molecule has 2 N–H and O–H groups in total. The van der Waals surface area contributed by atoms with Crippen LogP contribution in [0, 0.1) is 5.92 Å². The molecular formula is C12H22N2O5. The summed E-state index contributed by atoms with van der Waals surface area (Å²) in [5, 5.41) is 11.4. The number of hydrogen-bond acceptors (Lipinski definition) is 4. The molecule has 0 heterocycles. The molecule has 0 aromatic rings. The number of carboxylic acids is 1. The van der Waals surface area contributed by atoms with Gasteiger partial charge in [-0.3, -0.25) is 9.59 Å². The minimum atomic E-state index is -0.984. The molecule has 7 heteroatoms. The zero-order valence-electron chi connectivity index (χ0n) is 11.8. The van der Waals surface area contributed by atoms with Crippen LogP contribution in [-0.2, 0) is 14.3 Å². The standard InChI is InChI=1S/C12H22N2O5/c1-5-6-14(7-10(15)19-4)12(18)13-9(3)8(2)11(16)17/h8-9H,5-7H2,1-4H3,(H,13,18)(H,16,17). The normalized spacial score (nSPS) is 13.3. The van der Waals surface area contributed by atoms with E-state index in [1.54, 1.807) is 6.92 Å². The lowest BCUT2D eigenvalue weighted by molar-refractivity contribution is -0.142. The molecule has 2 amide bonds. The van der Waals surface area contributed by atoms with Gasteiger partial charge in [-0.05, 0) is 20.3 Å². The predicted octanol–water partition coefficient (Wildman–Crippen LogP) is 0.690. The molecule has 0 radical (unpaired) electrons. The number of urea groups is 1. The van der Waals surface area contributed by atoms with E-state index in [2.05, 4.69) is 10.1 Å². The lowest BCUT2D eigenvalue weighted by Crippen LogP contribution is -2.49. The third-order valence-electron chi connectivity index (χ3n) is 2.82. The molecule has 0 saturated carbocycles. The number of esters is 1. The van der Waals surface area contributed by atoms with Crippen LogP contribution in [0.4, 0.5) is 4.79 Å². The van der Waals surface area contributed by atoms with E-state index < -0.39 is 29.9 Å². The maximum atomic E-state index is 11.9. The van der Waals surface area contributed by atoms with Crippen molar-refractivity contribution in [3.05, 3.63) is 0 Å². The molecule has 0 aromatic heterocycles. The highest BCUT2D eigenvalue weighted by Gasteiger charge is 2.24. The fourth-order valence-corrected chi connectivity index (χ4v) is 1.37. The van der Waals surface area contributed by atoms with Gasteiger partial charge in [0.25, 0.3) is 0 Å². The number of carbonyl (C=O) groups is 3. The molecule has 0 aromatic carbocycles. The molecule has 19 heavy (non-hydrogen) atoms. The Bertz CT molecular complexity index is 332. The fraction of sp³-hybridized carbons (Fsp3) is 0.750. The number of carboxylic acid groups (broad SMARTS) is 1. The molecule has 0 rings (SSSR count). The number of amides is 2. The summed E-state index contributed by atoms with van der Waals surface area (Å²) in [6.07, 6.45) is 0.688. The molecular weight excluding hydrogens is 252 g/mol. The number of aliphatic carboxylic acids is 1. The molecule has 7 nitrogen and oxygen atoms in total. The predicted molar refractivity (Wildman–Crippen MR) is 68.7 cm³/mol. The monoisotopic (exact) mass is 274 g/mol. The van der Waals surface area contributed by atoms with E-state index in [0.29, 0.717) is 13.0 Å². The Balaban J connectivity index is 4.55. The summed E-state index contributed by atoms with van der Waals surface area (Å²) in [6, 6.07) is -0.991. The Morgan fingerprint density at radius 3 is 2.32 bits per heavy atom. The first-order chi connectivity index (χ1) is 8.83. The van der Waals surface area contributed by atoms with Crippen LogP contribution in [-0.4, -0.2) is 54.2 Å². The van der Waals surface area contributed by atoms with Crippen molar-refractivity contribution in [2.75, 3.05) is 20.2 Å². The highest BCUT2D eigenvalue weighted by atomic mass is 16.5. The van der Waals surface area contributed by atoms with Gasteiger partial charge in [0, 0.05) is 12.6 Å². The highest BCUT2D eigenvalue weighted by Crippen LogP contribution is 2.04. The van der Waals surface area contributed by atoms with Crippen molar-refractivity contribution in [1.82, 2.24) is 10.2 Å². The quantitative estimate of drug-likeness (QED) is 0.666. The van der Waals surface area contributed by atoms with E-state index in [-0.39, 0.29) is 6.54 Å². The summed E-state index contributed by atoms with van der Waals surface area (Å²) in [5.41, 5.74) is 0. The molecule has 0 aliphatic rings. The van der Waals surface area contributed by atoms with E-state index in [0.717, 1.165) is 0 Å². The molecule has 2 atom stereocenters. The van der Waals surface area contributed by atoms with Crippen molar-refractivity contribution in [2.24, 2.45) is 5.92 Å². The van der Waals surface area contributed by atoms with Gasteiger partial charge < -0.3 is 20.1 Å². The van der Waals surface area contributed by atoms with Crippen LogP contribution >= 0.6 is 0 Å². The van der Waals surface area contributed by atoms with E-state index in [1.807, 2.05) is 6.92 Å². The summed E-state index contributed by atoms with van der Waals surface area (Å²) >= 11 is 0. The van der Waals surface area contributed by atoms with Crippen LogP contribution < -0.4 is 5.32 Å². The molecule has 110 valence electrons. The molecule has 0 saturated heterocycles. The van der Waals surface area contributed by atoms with E-state index >= 15 is 0 Å². The number of methoxy groups -OCH3 is 1. The van der Waals surface area contributed by atoms with E-state index in [9.17, 15) is 14.4 Å². The number of nitrogens with one attached hydrogen (secondary N) is 1. The van der Waals surface area contributed by atoms with Crippen molar-refractivity contribution in [2.45, 2.75) is 33.2 Å². The van der Waals surface area contributed by atoms with Crippen LogP contribution in [0.15, 0.2) is 0 Å². The first kappa shape index (κ1) is 17.2. The maximum absolute atomic E-state index is 11.9. The van der Waals surface area contributed by atoms with Gasteiger partial charge in [0.15, 0.2) is 0 Å². The van der Waals surface area contributed by atoms with Gasteiger partial charge in [-0.25, -0.2) is 4.79 Å². The Hall–Kier alpha value is -1.79. The third kappa shape index (κ3) is 6.08. The molecule has 0 spiro atoms. The van der Waals surface area contributed by atoms with Gasteiger partial charge in [0.1, 0.15) is 6.54 Å². The number of hydrogen-bond donors (Lipinski definition) is 2. The molecule has 0 bridgehead atoms. The van der Waals surface area contributed by atoms with Gasteiger partial charge in [0.05, 0.1) is 13.0 Å². The summed E-state index contributed by atoms with van der Waals surface area (Å²) in [7, 11) is 1.25. The average Bonchev–Trinajstić information content (AvgIpc) is 2.36. The third-order valence-corrected chi connectivity index (χ3v) is 2.82. The van der Waals surface area contributed by atoms with Gasteiger partial charge in [0.2, 0.25) is 0 Å². The van der Waals surface area contributed by atoms with Crippen molar-refractivity contribution < 1.29 is 24.2 Å². The molecule has 0 aliphatic carbocycles. The Labute approximate surface area is 112 Å². The van der Waals surface area contributed by atoms with Crippen LogP contribution in [0.1, 0.15) is 27.2 Å². The Morgan fingerprint density at radius 1 is 1.32 bits per heavy atom. The summed E-state index contributed by atoms with van der Waals surface area (Å²) < 4.78 is 4.51. The van der Waals surface area contributed by atoms with Crippen molar-refractivity contribution >= 4 is 18.0 Å². The van der Waals surface area contributed by atoms with Gasteiger partial charge in [-0.1, -0.05) is 6.92 Å². The SMILES string of the molecule is CCCN(CC(=O)OC)C(=O)NC(C)C(C)C(=O)O. The van der Waals surface area contributed by atoms with Crippen molar-refractivity contribution in [1.29, 1.82) is 0 Å². The van der Waals surface area contributed by atoms with Crippen LogP contribution in [0.5, 0.6) is 0 Å². The second-order valence-electron chi connectivity index (χ2n) is 4.36. The van der Waals surface area contributed by atoms with Crippen LogP contribution in [0.2, 0.25) is 0 Å². The zero-order valence-corrected chi connectivity index (χ0v) is 11.8. The van der Waals surface area contributed by atoms with Crippen molar-refractivity contribution in [3.63, 3.8) is 0 Å². The first-order valence-electron chi connectivity index (χ1n) is 6.18. The van der Waals surface area contributed by atoms with Crippen molar-refractivity contribution in [3.8, 4) is 0 Å². The molecule has 2 unspecified atom stereocenters. The first-order valence-corrected chi connectivity index (χ1v) is 6.18. The lowest BCUT2D eigenvalue weighted by Gasteiger charge is -2.25. The van der Waals surface area contributed by atoms with Crippen LogP contribution in [0.25, 0.3) is 0 Å². The largest absolute Gasteiger partial charge is 0.481 e. The lowest BCUT2D eigenvalue weighted by atomic mass is 10.0. The van der Waals surface area contributed by atoms with E-state index in [4.69, 9.17) is 5.11 Å². The van der Waals surface area contributed by atoms with Gasteiger partial charge in [-0.15, -0.1) is 0 Å². The number of carbonyl (C=O) groups excluding carboxylic acids is 2. The van der Waals surface area contributed by atoms with E-state index in [1.165, 1.54) is 18.9 Å². The second-order valence-corrected chi connectivity index (χ2v) is 4.36. The second kappa shape index (κ2) is 8.34.